The molecule has 0 bridgehead atoms. The molecule has 0 fully saturated rings. The van der Waals surface area contributed by atoms with Gasteiger partial charge in [-0.15, -0.1) is 0 Å². The molecule has 5 aromatic rings. The zero-order chi connectivity index (χ0) is 28.8. The molecular formula is C29H25F2N3O5S. The Morgan fingerprint density at radius 2 is 1.80 bits per heavy atom. The summed E-state index contributed by atoms with van der Waals surface area (Å²) in [6, 6.07) is 11.2. The van der Waals surface area contributed by atoms with Crippen molar-refractivity contribution in [2.75, 3.05) is 14.2 Å². The van der Waals surface area contributed by atoms with Crippen molar-refractivity contribution in [2.45, 2.75) is 25.7 Å². The van der Waals surface area contributed by atoms with E-state index in [-0.39, 0.29) is 22.8 Å². The summed E-state index contributed by atoms with van der Waals surface area (Å²) in [4.78, 5) is 11.8. The number of aromatic carboxylic acids is 1. The molecule has 0 aliphatic heterocycles. The summed E-state index contributed by atoms with van der Waals surface area (Å²) in [7, 11) is 2.72. The first-order valence-corrected chi connectivity index (χ1v) is 12.9. The van der Waals surface area contributed by atoms with Crippen molar-refractivity contribution < 1.29 is 33.3 Å². The zero-order valence-electron chi connectivity index (χ0n) is 22.0. The molecule has 2 N–H and O–H groups in total. The molecule has 11 heteroatoms. The number of halogens is 2. The molecule has 0 saturated heterocycles. The van der Waals surface area contributed by atoms with E-state index in [1.54, 1.807) is 29.0 Å². The number of phenols is 1. The number of ether oxygens (including phenoxy) is 2. The van der Waals surface area contributed by atoms with Crippen molar-refractivity contribution in [1.82, 2.24) is 13.3 Å². The average Bonchev–Trinajstić information content (AvgIpc) is 3.54. The maximum absolute atomic E-state index is 14.8. The molecule has 5 rings (SSSR count). The van der Waals surface area contributed by atoms with E-state index in [1.807, 2.05) is 13.8 Å². The Balaban J connectivity index is 1.94. The number of rotatable bonds is 8. The lowest BCUT2D eigenvalue weighted by Gasteiger charge is -2.28. The van der Waals surface area contributed by atoms with Crippen LogP contribution in [0.3, 0.4) is 0 Å². The number of aromatic nitrogens is 3. The Bertz CT molecular complexity index is 1750. The molecule has 0 saturated carbocycles. The van der Waals surface area contributed by atoms with Gasteiger partial charge in [-0.25, -0.2) is 13.6 Å². The molecule has 8 nitrogen and oxygen atoms in total. The molecule has 40 heavy (non-hydrogen) atoms. The third-order valence-electron chi connectivity index (χ3n) is 6.80. The lowest BCUT2D eigenvalue weighted by atomic mass is 9.80. The normalized spacial score (nSPS) is 11.7. The van der Waals surface area contributed by atoms with Crippen LogP contribution < -0.4 is 9.47 Å². The van der Waals surface area contributed by atoms with Crippen molar-refractivity contribution in [3.8, 4) is 34.1 Å². The van der Waals surface area contributed by atoms with E-state index in [9.17, 15) is 23.8 Å². The summed E-state index contributed by atoms with van der Waals surface area (Å²) in [5.74, 6) is -2.61. The topological polar surface area (TPSA) is 107 Å². The van der Waals surface area contributed by atoms with E-state index in [0.717, 1.165) is 23.5 Å². The van der Waals surface area contributed by atoms with Crippen molar-refractivity contribution in [3.05, 3.63) is 83.3 Å². The quantitative estimate of drug-likeness (QED) is 0.225. The van der Waals surface area contributed by atoms with Crippen LogP contribution in [0.4, 0.5) is 8.78 Å². The number of hydrogen-bond donors (Lipinski definition) is 2. The van der Waals surface area contributed by atoms with E-state index in [4.69, 9.17) is 9.47 Å². The van der Waals surface area contributed by atoms with Crippen LogP contribution in [0, 0.1) is 11.6 Å². The largest absolute Gasteiger partial charge is 0.507 e. The van der Waals surface area contributed by atoms with Gasteiger partial charge in [-0.2, -0.15) is 8.75 Å². The monoisotopic (exact) mass is 565 g/mol. The van der Waals surface area contributed by atoms with Crippen molar-refractivity contribution in [2.24, 2.45) is 0 Å². The van der Waals surface area contributed by atoms with Crippen LogP contribution in [0.2, 0.25) is 0 Å². The molecule has 3 aromatic carbocycles. The van der Waals surface area contributed by atoms with Gasteiger partial charge >= 0.3 is 5.97 Å². The molecular weight excluding hydrogens is 540 g/mol. The maximum atomic E-state index is 14.8. The highest BCUT2D eigenvalue weighted by atomic mass is 32.1. The molecule has 0 spiro atoms. The SMILES string of the molecule is COc1cc(-n2c(C(C)(C)Cc3cnsn3)c(-c3ccc(C(=O)O)c(OC)c3)c3c(O)cc(F)cc32)ccc1F. The first kappa shape index (κ1) is 27.1. The lowest BCUT2D eigenvalue weighted by molar-refractivity contribution is 0.0693. The smallest absolute Gasteiger partial charge is 0.339 e. The van der Waals surface area contributed by atoms with E-state index in [2.05, 4.69) is 8.75 Å². The van der Waals surface area contributed by atoms with E-state index in [1.165, 1.54) is 38.5 Å². The van der Waals surface area contributed by atoms with Crippen LogP contribution in [0.15, 0.2) is 54.7 Å². The highest BCUT2D eigenvalue weighted by Crippen LogP contribution is 2.48. The van der Waals surface area contributed by atoms with Crippen LogP contribution in [0.1, 0.15) is 35.6 Å². The molecule has 0 amide bonds. The second-order valence-corrected chi connectivity index (χ2v) is 10.4. The summed E-state index contributed by atoms with van der Waals surface area (Å²) in [6.45, 7) is 3.94. The van der Waals surface area contributed by atoms with Gasteiger partial charge in [-0.05, 0) is 35.9 Å². The van der Waals surface area contributed by atoms with Gasteiger partial charge in [0.05, 0.1) is 48.7 Å². The molecule has 2 aromatic heterocycles. The predicted molar refractivity (Wildman–Crippen MR) is 147 cm³/mol. The Morgan fingerprint density at radius 3 is 2.45 bits per heavy atom. The standard InChI is InChI=1S/C29H25F2N3O5S/c1-29(2,13-17-14-32-40-33-17)27-25(15-5-7-19(28(36)37)23(9-15)38-3)26-21(10-16(30)11-22(26)35)34(27)18-6-8-20(31)24(12-18)39-4/h5-12,14,35H,13H2,1-4H3,(H,36,37). The molecule has 0 aliphatic rings. The van der Waals surface area contributed by atoms with E-state index < -0.39 is 23.0 Å². The lowest BCUT2D eigenvalue weighted by Crippen LogP contribution is -2.25. The van der Waals surface area contributed by atoms with E-state index in [0.29, 0.717) is 39.8 Å². The maximum Gasteiger partial charge on any atom is 0.339 e. The van der Waals surface area contributed by atoms with Crippen LogP contribution in [0.5, 0.6) is 17.2 Å². The second-order valence-electron chi connectivity index (χ2n) is 9.88. The third-order valence-corrected chi connectivity index (χ3v) is 7.31. The number of carbonyl (C=O) groups is 1. The Kier molecular flexibility index (Phi) is 6.92. The number of aromatic hydroxyl groups is 1. The molecule has 0 unspecified atom stereocenters. The van der Waals surface area contributed by atoms with Gasteiger partial charge in [-0.3, -0.25) is 0 Å². The number of nitrogens with zero attached hydrogens (tertiary/aromatic N) is 3. The molecule has 0 radical (unpaired) electrons. The van der Waals surface area contributed by atoms with Gasteiger partial charge in [0.25, 0.3) is 0 Å². The van der Waals surface area contributed by atoms with Gasteiger partial charge in [0.15, 0.2) is 11.6 Å². The van der Waals surface area contributed by atoms with Gasteiger partial charge in [0.2, 0.25) is 0 Å². The first-order valence-electron chi connectivity index (χ1n) is 12.1. The van der Waals surface area contributed by atoms with Gasteiger partial charge in [0, 0.05) is 40.9 Å². The van der Waals surface area contributed by atoms with Crippen LogP contribution in [-0.2, 0) is 11.8 Å². The number of hydrogen-bond acceptors (Lipinski definition) is 7. The fourth-order valence-corrected chi connectivity index (χ4v) is 5.59. The summed E-state index contributed by atoms with van der Waals surface area (Å²) in [6.07, 6.45) is 2.08. The van der Waals surface area contributed by atoms with Gasteiger partial charge in [0.1, 0.15) is 22.9 Å². The fourth-order valence-electron chi connectivity index (χ4n) is 5.16. The summed E-state index contributed by atoms with van der Waals surface area (Å²) in [5, 5.41) is 21.1. The molecule has 206 valence electrons. The van der Waals surface area contributed by atoms with Crippen molar-refractivity contribution >= 4 is 28.6 Å². The third kappa shape index (κ3) is 4.62. The molecule has 0 aliphatic carbocycles. The van der Waals surface area contributed by atoms with Crippen LogP contribution in [0.25, 0.3) is 27.7 Å². The summed E-state index contributed by atoms with van der Waals surface area (Å²) < 4.78 is 50.2. The van der Waals surface area contributed by atoms with Crippen molar-refractivity contribution in [1.29, 1.82) is 0 Å². The Hall–Kier alpha value is -4.51. The van der Waals surface area contributed by atoms with Gasteiger partial charge < -0.3 is 24.3 Å². The molecule has 2 heterocycles. The van der Waals surface area contributed by atoms with Gasteiger partial charge in [-0.1, -0.05) is 19.9 Å². The summed E-state index contributed by atoms with van der Waals surface area (Å²) >= 11 is 1.08. The van der Waals surface area contributed by atoms with Crippen molar-refractivity contribution in [3.63, 3.8) is 0 Å². The fraction of sp³-hybridized carbons (Fsp3) is 0.207. The Labute approximate surface area is 232 Å². The second kappa shape index (κ2) is 10.2. The number of carboxylic acids is 1. The van der Waals surface area contributed by atoms with Crippen LogP contribution in [-0.4, -0.2) is 43.7 Å². The minimum atomic E-state index is -1.16. The highest BCUT2D eigenvalue weighted by Gasteiger charge is 2.34. The predicted octanol–water partition coefficient (Wildman–Crippen LogP) is 6.37. The zero-order valence-corrected chi connectivity index (χ0v) is 22.8. The summed E-state index contributed by atoms with van der Waals surface area (Å²) in [5.41, 5.74) is 2.44. The number of methoxy groups -OCH3 is 2. The minimum absolute atomic E-state index is 0.0125. The van der Waals surface area contributed by atoms with Crippen LogP contribution >= 0.6 is 11.7 Å². The number of carboxylic acid groups (broad SMARTS) is 1. The Morgan fingerprint density at radius 1 is 1.05 bits per heavy atom. The highest BCUT2D eigenvalue weighted by molar-refractivity contribution is 6.99. The number of phenolic OH excluding ortho intramolecular Hbond substituents is 1. The van der Waals surface area contributed by atoms with E-state index >= 15 is 0 Å². The minimum Gasteiger partial charge on any atom is -0.507 e. The first-order chi connectivity index (χ1) is 19.1. The average molecular weight is 566 g/mol. The molecule has 0 atom stereocenters. The number of fused-ring (bicyclic) bond motifs is 1. The number of benzene rings is 3.